The van der Waals surface area contributed by atoms with Crippen molar-refractivity contribution in [1.29, 1.82) is 0 Å². The fraction of sp³-hybridized carbons (Fsp3) is 0.769. The topological polar surface area (TPSA) is 24.9 Å². The Balaban J connectivity index is 1.76. The van der Waals surface area contributed by atoms with Crippen LogP contribution in [0, 0.1) is 5.92 Å². The number of thioether (sulfide) groups is 1. The highest BCUT2D eigenvalue weighted by atomic mass is 32.2. The molecule has 1 atom stereocenters. The van der Waals surface area contributed by atoms with Crippen LogP contribution in [-0.4, -0.2) is 22.0 Å². The van der Waals surface area contributed by atoms with Gasteiger partial charge in [-0.05, 0) is 18.8 Å². The van der Waals surface area contributed by atoms with Crippen LogP contribution >= 0.6 is 23.1 Å². The summed E-state index contributed by atoms with van der Waals surface area (Å²) in [6.07, 6.45) is 4.65. The first kappa shape index (κ1) is 13.4. The second-order valence-corrected chi connectivity index (χ2v) is 8.45. The van der Waals surface area contributed by atoms with Gasteiger partial charge >= 0.3 is 0 Å². The molecule has 0 aromatic carbocycles. The Kier molecular flexibility index (Phi) is 4.50. The van der Waals surface area contributed by atoms with Crippen molar-refractivity contribution in [2.75, 3.05) is 12.3 Å². The van der Waals surface area contributed by atoms with Crippen LogP contribution in [0.3, 0.4) is 0 Å². The first-order valence-electron chi connectivity index (χ1n) is 6.33. The van der Waals surface area contributed by atoms with Gasteiger partial charge in [-0.2, -0.15) is 11.8 Å². The van der Waals surface area contributed by atoms with E-state index in [4.69, 9.17) is 0 Å². The molecule has 4 heteroatoms. The molecule has 2 rings (SSSR count). The van der Waals surface area contributed by atoms with Crippen molar-refractivity contribution in [3.05, 3.63) is 16.6 Å². The van der Waals surface area contributed by atoms with Gasteiger partial charge in [-0.1, -0.05) is 20.8 Å². The van der Waals surface area contributed by atoms with E-state index in [9.17, 15) is 0 Å². The van der Waals surface area contributed by atoms with E-state index < -0.39 is 0 Å². The molecule has 0 aliphatic heterocycles. The van der Waals surface area contributed by atoms with E-state index in [2.05, 4.69) is 36.5 Å². The van der Waals surface area contributed by atoms with Crippen molar-refractivity contribution in [3.63, 3.8) is 0 Å². The molecule has 1 saturated carbocycles. The van der Waals surface area contributed by atoms with E-state index in [1.807, 2.05) is 18.0 Å². The lowest BCUT2D eigenvalue weighted by molar-refractivity contribution is 0.495. The normalized spacial score (nSPS) is 18.3. The number of hydrogen-bond donors (Lipinski definition) is 1. The van der Waals surface area contributed by atoms with Crippen LogP contribution in [0.2, 0.25) is 0 Å². The monoisotopic (exact) mass is 270 g/mol. The van der Waals surface area contributed by atoms with Crippen molar-refractivity contribution < 1.29 is 0 Å². The summed E-state index contributed by atoms with van der Waals surface area (Å²) in [5, 5.41) is 7.03. The summed E-state index contributed by atoms with van der Waals surface area (Å²) in [7, 11) is 0. The Labute approximate surface area is 113 Å². The average molecular weight is 270 g/mol. The Morgan fingerprint density at radius 2 is 2.29 bits per heavy atom. The van der Waals surface area contributed by atoms with Crippen LogP contribution in [-0.2, 0) is 0 Å². The molecule has 0 bridgehead atoms. The average Bonchev–Trinajstić information content (AvgIpc) is 2.92. The highest BCUT2D eigenvalue weighted by Gasteiger charge is 2.33. The quantitative estimate of drug-likeness (QED) is 0.798. The van der Waals surface area contributed by atoms with Gasteiger partial charge in [-0.25, -0.2) is 4.98 Å². The summed E-state index contributed by atoms with van der Waals surface area (Å²) in [6, 6.07) is 0.510. The standard InChI is InChI=1S/C13H22N2S2/c1-13(2,3)17-9-7-14-11(10-4-5-10)12-15-6-8-16-12/h6,8,10-11,14H,4-5,7,9H2,1-3H3/t11-/m1/s1. The molecule has 0 radical (unpaired) electrons. The predicted octanol–water partition coefficient (Wildman–Crippen LogP) is 3.72. The molecular weight excluding hydrogens is 248 g/mol. The molecular formula is C13H22N2S2. The summed E-state index contributed by atoms with van der Waals surface area (Å²) in [5.41, 5.74) is 0. The maximum atomic E-state index is 4.45. The number of hydrogen-bond acceptors (Lipinski definition) is 4. The molecule has 0 spiro atoms. The third-order valence-corrected chi connectivity index (χ3v) is 4.95. The lowest BCUT2D eigenvalue weighted by Crippen LogP contribution is -2.26. The number of rotatable bonds is 6. The van der Waals surface area contributed by atoms with Gasteiger partial charge in [0.25, 0.3) is 0 Å². The SMILES string of the molecule is CC(C)(C)SCCN[C@@H](c1nccs1)C1CC1. The van der Waals surface area contributed by atoms with Crippen molar-refractivity contribution >= 4 is 23.1 Å². The molecule has 0 saturated heterocycles. The molecule has 1 fully saturated rings. The molecule has 1 aliphatic rings. The minimum Gasteiger partial charge on any atom is -0.307 e. The van der Waals surface area contributed by atoms with E-state index in [1.54, 1.807) is 11.3 Å². The second-order valence-electron chi connectivity index (χ2n) is 5.60. The lowest BCUT2D eigenvalue weighted by atomic mass is 10.2. The van der Waals surface area contributed by atoms with Gasteiger partial charge in [0.1, 0.15) is 5.01 Å². The number of nitrogens with one attached hydrogen (secondary N) is 1. The molecule has 0 amide bonds. The van der Waals surface area contributed by atoms with E-state index in [-0.39, 0.29) is 0 Å². The van der Waals surface area contributed by atoms with Crippen LogP contribution < -0.4 is 5.32 Å². The predicted molar refractivity (Wildman–Crippen MR) is 77.8 cm³/mol. The molecule has 1 heterocycles. The fourth-order valence-electron chi connectivity index (χ4n) is 1.84. The smallest absolute Gasteiger partial charge is 0.110 e. The highest BCUT2D eigenvalue weighted by molar-refractivity contribution is 8.00. The summed E-state index contributed by atoms with van der Waals surface area (Å²) >= 11 is 3.81. The van der Waals surface area contributed by atoms with Gasteiger partial charge < -0.3 is 5.32 Å². The van der Waals surface area contributed by atoms with Gasteiger partial charge in [0.15, 0.2) is 0 Å². The van der Waals surface area contributed by atoms with Crippen LogP contribution in [0.5, 0.6) is 0 Å². The molecule has 96 valence electrons. The zero-order chi connectivity index (χ0) is 12.3. The molecule has 1 aromatic heterocycles. The number of thiazole rings is 1. The largest absolute Gasteiger partial charge is 0.307 e. The van der Waals surface area contributed by atoms with Crippen molar-refractivity contribution in [2.24, 2.45) is 5.92 Å². The Hall–Kier alpha value is -0.0600. The zero-order valence-corrected chi connectivity index (χ0v) is 12.5. The first-order chi connectivity index (χ1) is 8.06. The third-order valence-electron chi connectivity index (χ3n) is 2.81. The van der Waals surface area contributed by atoms with Crippen molar-refractivity contribution in [3.8, 4) is 0 Å². The lowest BCUT2D eigenvalue weighted by Gasteiger charge is -2.20. The molecule has 2 nitrogen and oxygen atoms in total. The molecule has 17 heavy (non-hydrogen) atoms. The minimum absolute atomic E-state index is 0.373. The van der Waals surface area contributed by atoms with E-state index in [0.29, 0.717) is 10.8 Å². The van der Waals surface area contributed by atoms with Crippen molar-refractivity contribution in [1.82, 2.24) is 10.3 Å². The van der Waals surface area contributed by atoms with Crippen LogP contribution in [0.4, 0.5) is 0 Å². The number of nitrogens with zero attached hydrogens (tertiary/aromatic N) is 1. The highest BCUT2D eigenvalue weighted by Crippen LogP contribution is 2.41. The van der Waals surface area contributed by atoms with Crippen LogP contribution in [0.25, 0.3) is 0 Å². The molecule has 1 aromatic rings. The zero-order valence-electron chi connectivity index (χ0n) is 10.9. The number of aromatic nitrogens is 1. The van der Waals surface area contributed by atoms with Gasteiger partial charge in [-0.15, -0.1) is 11.3 Å². The third kappa shape index (κ3) is 4.60. The summed E-state index contributed by atoms with van der Waals surface area (Å²) in [5.74, 6) is 2.01. The molecule has 1 aliphatic carbocycles. The summed E-state index contributed by atoms with van der Waals surface area (Å²) in [4.78, 5) is 4.45. The first-order valence-corrected chi connectivity index (χ1v) is 8.19. The van der Waals surface area contributed by atoms with Gasteiger partial charge in [0, 0.05) is 28.6 Å². The van der Waals surface area contributed by atoms with Crippen LogP contribution in [0.15, 0.2) is 11.6 Å². The van der Waals surface area contributed by atoms with Gasteiger partial charge in [0.05, 0.1) is 6.04 Å². The summed E-state index contributed by atoms with van der Waals surface area (Å²) in [6.45, 7) is 7.91. The second kappa shape index (κ2) is 5.72. The Bertz CT molecular complexity index is 326. The van der Waals surface area contributed by atoms with Gasteiger partial charge in [-0.3, -0.25) is 0 Å². The van der Waals surface area contributed by atoms with Crippen LogP contribution in [0.1, 0.15) is 44.7 Å². The Morgan fingerprint density at radius 3 is 2.82 bits per heavy atom. The van der Waals surface area contributed by atoms with E-state index in [0.717, 1.165) is 12.5 Å². The maximum Gasteiger partial charge on any atom is 0.110 e. The minimum atomic E-state index is 0.373. The van der Waals surface area contributed by atoms with Crippen molar-refractivity contribution in [2.45, 2.75) is 44.4 Å². The molecule has 0 unspecified atom stereocenters. The fourth-order valence-corrected chi connectivity index (χ4v) is 3.48. The van der Waals surface area contributed by atoms with Gasteiger partial charge in [0.2, 0.25) is 0 Å². The van der Waals surface area contributed by atoms with E-state index in [1.165, 1.54) is 23.6 Å². The van der Waals surface area contributed by atoms with E-state index >= 15 is 0 Å². The summed E-state index contributed by atoms with van der Waals surface area (Å²) < 4.78 is 0.373. The maximum absolute atomic E-state index is 4.45. The Morgan fingerprint density at radius 1 is 1.53 bits per heavy atom. The molecule has 1 N–H and O–H groups in total.